The summed E-state index contributed by atoms with van der Waals surface area (Å²) in [5, 5.41) is 0. The molecule has 0 N–H and O–H groups in total. The zero-order chi connectivity index (χ0) is 3.58. The molecule has 0 aromatic heterocycles. The fourth-order valence-electron chi connectivity index (χ4n) is 0. The molecule has 0 aromatic rings. The number of rotatable bonds is 0. The van der Waals surface area contributed by atoms with Gasteiger partial charge in [-0.1, -0.05) is 19.6 Å². The minimum absolute atomic E-state index is 0. The molecule has 0 aliphatic carbocycles. The van der Waals surface area contributed by atoms with Gasteiger partial charge in [-0.3, -0.25) is 0 Å². The van der Waals surface area contributed by atoms with Crippen LogP contribution in [0.2, 0.25) is 19.6 Å². The summed E-state index contributed by atoms with van der Waals surface area (Å²) < 4.78 is 0. The number of hydrogen-bond acceptors (Lipinski definition) is 0. The van der Waals surface area contributed by atoms with Crippen molar-refractivity contribution in [3.8, 4) is 0 Å². The summed E-state index contributed by atoms with van der Waals surface area (Å²) >= 11 is 0. The van der Waals surface area contributed by atoms with Crippen LogP contribution in [0.15, 0.2) is 0 Å². The summed E-state index contributed by atoms with van der Waals surface area (Å²) in [5.74, 6) is 0. The van der Waals surface area contributed by atoms with Crippen molar-refractivity contribution in [3.63, 3.8) is 0 Å². The van der Waals surface area contributed by atoms with Gasteiger partial charge in [-0.25, -0.2) is 0 Å². The van der Waals surface area contributed by atoms with Crippen LogP contribution >= 0.6 is 0 Å². The Hall–Kier alpha value is 1.41. The molecule has 0 fully saturated rings. The van der Waals surface area contributed by atoms with Crippen LogP contribution in [0, 0.1) is 0 Å². The molecule has 0 amide bonds. The van der Waals surface area contributed by atoms with Crippen LogP contribution in [0.3, 0.4) is 0 Å². The molecule has 8 heavy (non-hydrogen) atoms. The second kappa shape index (κ2) is 23.7. The van der Waals surface area contributed by atoms with Gasteiger partial charge in [0.15, 0.2) is 0 Å². The Labute approximate surface area is 78.9 Å². The zero-order valence-electron chi connectivity index (χ0n) is 7.00. The maximum atomic E-state index is 2.27. The Morgan fingerprint density at radius 2 is 0.750 bits per heavy atom. The summed E-state index contributed by atoms with van der Waals surface area (Å²) in [6.45, 7) is 6.81. The molecule has 0 nitrogen and oxygen atoms in total. The van der Waals surface area contributed by atoms with Crippen molar-refractivity contribution >= 4 is 59.3 Å². The first-order chi connectivity index (χ1) is 1.73. The third-order valence-electron chi connectivity index (χ3n) is 0. The van der Waals surface area contributed by atoms with Crippen molar-refractivity contribution in [2.45, 2.75) is 19.6 Å². The van der Waals surface area contributed by atoms with E-state index in [0.717, 1.165) is 0 Å². The molecule has 0 rings (SSSR count). The summed E-state index contributed by atoms with van der Waals surface area (Å²) in [6, 6.07) is 0. The average molecular weight is 239 g/mol. The minimum atomic E-state index is 0. The predicted octanol–water partition coefficient (Wildman–Crippen LogP) is -2.56. The molecule has 0 saturated carbocycles. The smallest absolute Gasteiger partial charge is 0.0379 e. The largest absolute Gasteiger partial charge is 0.0715 e. The molecular weight excluding hydrogens is 221 g/mol. The van der Waals surface area contributed by atoms with Gasteiger partial charge in [0.05, 0.1) is 0 Å². The SMILES string of the molecule is C[Si](C)C.[Ge].[SiH3].[SiH3].[SiH3]. The third-order valence-corrected chi connectivity index (χ3v) is 0. The second-order valence-corrected chi connectivity index (χ2v) is 4.50. The first kappa shape index (κ1) is 34.2. The predicted molar refractivity (Wildman–Crippen MR) is 58.9 cm³/mol. The van der Waals surface area contributed by atoms with Gasteiger partial charge in [-0.15, -0.1) is 0 Å². The molecule has 0 aliphatic rings. The van der Waals surface area contributed by atoms with E-state index in [4.69, 9.17) is 0 Å². The Balaban J connectivity index is -0.00000000750. The van der Waals surface area contributed by atoms with Gasteiger partial charge in [0.2, 0.25) is 0 Å². The maximum Gasteiger partial charge on any atom is 0.0379 e. The van der Waals surface area contributed by atoms with Gasteiger partial charge in [0, 0.05) is 26.4 Å². The van der Waals surface area contributed by atoms with Crippen molar-refractivity contribution < 1.29 is 0 Å². The maximum absolute atomic E-state index is 2.27. The Bertz CT molecular complexity index is 16.0. The monoisotopic (exact) mass is 240 g/mol. The average Bonchev–Trinajstić information content (AvgIpc) is 0.811. The Morgan fingerprint density at radius 3 is 0.750 bits per heavy atom. The van der Waals surface area contributed by atoms with E-state index in [1.54, 1.807) is 0 Å². The summed E-state index contributed by atoms with van der Waals surface area (Å²) in [5.41, 5.74) is 0. The van der Waals surface area contributed by atoms with Gasteiger partial charge in [0.25, 0.3) is 0 Å². The van der Waals surface area contributed by atoms with Crippen LogP contribution in [-0.4, -0.2) is 59.3 Å². The molecule has 0 heterocycles. The molecule has 8 radical (unpaired) electrons. The first-order valence-corrected chi connectivity index (χ1v) is 4.50. The molecular formula is C3H18GeSi4. The molecule has 0 atom stereocenters. The summed E-state index contributed by atoms with van der Waals surface area (Å²) in [7, 11) is 0.120. The van der Waals surface area contributed by atoms with Gasteiger partial charge >= 0.3 is 0 Å². The normalized spacial score (nSPS) is 4.50. The van der Waals surface area contributed by atoms with Crippen molar-refractivity contribution in [3.05, 3.63) is 0 Å². The van der Waals surface area contributed by atoms with E-state index >= 15 is 0 Å². The van der Waals surface area contributed by atoms with E-state index in [1.807, 2.05) is 0 Å². The Kier molecular flexibility index (Phi) is 102. The second-order valence-electron chi connectivity index (χ2n) is 1.50. The fraction of sp³-hybridized carbons (Fsp3) is 1.00. The molecule has 0 saturated heterocycles. The molecule has 0 spiro atoms. The molecule has 5 heteroatoms. The Morgan fingerprint density at radius 1 is 0.750 bits per heavy atom. The topological polar surface area (TPSA) is 0 Å². The molecule has 0 aliphatic heterocycles. The summed E-state index contributed by atoms with van der Waals surface area (Å²) in [6.07, 6.45) is 0. The van der Waals surface area contributed by atoms with Crippen LogP contribution in [-0.2, 0) is 0 Å². The van der Waals surface area contributed by atoms with Crippen LogP contribution in [0.25, 0.3) is 0 Å². The van der Waals surface area contributed by atoms with Crippen molar-refractivity contribution in [1.29, 1.82) is 0 Å². The van der Waals surface area contributed by atoms with E-state index in [1.165, 1.54) is 0 Å². The fourth-order valence-corrected chi connectivity index (χ4v) is 0. The van der Waals surface area contributed by atoms with Crippen LogP contribution < -0.4 is 0 Å². The van der Waals surface area contributed by atoms with E-state index in [9.17, 15) is 0 Å². The van der Waals surface area contributed by atoms with E-state index in [0.29, 0.717) is 0 Å². The standard InChI is InChI=1S/C3H9Si.Ge.3H3Si/c1-4(2)3;;;;/h1-3H3;;3*1H3. The van der Waals surface area contributed by atoms with Crippen LogP contribution in [0.1, 0.15) is 0 Å². The van der Waals surface area contributed by atoms with Gasteiger partial charge in [-0.2, -0.15) is 0 Å². The molecule has 0 unspecified atom stereocenters. The van der Waals surface area contributed by atoms with E-state index < -0.39 is 0 Å². The van der Waals surface area contributed by atoms with Crippen LogP contribution in [0.5, 0.6) is 0 Å². The third kappa shape index (κ3) is 153. The van der Waals surface area contributed by atoms with Crippen molar-refractivity contribution in [1.82, 2.24) is 0 Å². The number of hydrogen-bond donors (Lipinski definition) is 0. The quantitative estimate of drug-likeness (QED) is 0.408. The van der Waals surface area contributed by atoms with E-state index in [-0.39, 0.29) is 59.3 Å². The van der Waals surface area contributed by atoms with Crippen LogP contribution in [0.4, 0.5) is 0 Å². The summed E-state index contributed by atoms with van der Waals surface area (Å²) in [4.78, 5) is 0. The van der Waals surface area contributed by atoms with Crippen molar-refractivity contribution in [2.75, 3.05) is 0 Å². The molecule has 0 aromatic carbocycles. The van der Waals surface area contributed by atoms with Gasteiger partial charge in [0.1, 0.15) is 0 Å². The minimum Gasteiger partial charge on any atom is -0.0715 e. The zero-order valence-corrected chi connectivity index (χ0v) is 16.1. The van der Waals surface area contributed by atoms with Gasteiger partial charge < -0.3 is 0 Å². The first-order valence-electron chi connectivity index (χ1n) is 1.50. The van der Waals surface area contributed by atoms with Crippen molar-refractivity contribution in [2.24, 2.45) is 0 Å². The van der Waals surface area contributed by atoms with Gasteiger partial charge in [-0.05, 0) is 32.9 Å². The van der Waals surface area contributed by atoms with E-state index in [2.05, 4.69) is 19.6 Å². The molecule has 0 bridgehead atoms. The molecule has 50 valence electrons.